The molecule has 0 saturated carbocycles. The van der Waals surface area contributed by atoms with Gasteiger partial charge in [-0.05, 0) is 45.7 Å². The summed E-state index contributed by atoms with van der Waals surface area (Å²) in [6, 6.07) is 2.98. The van der Waals surface area contributed by atoms with Gasteiger partial charge in [-0.15, -0.1) is 0 Å². The molecule has 0 radical (unpaired) electrons. The molecule has 1 aliphatic rings. The number of hydrogen-bond acceptors (Lipinski definition) is 5. The zero-order valence-corrected chi connectivity index (χ0v) is 18.5. The topological polar surface area (TPSA) is 77.0 Å². The molecule has 1 aliphatic heterocycles. The van der Waals surface area contributed by atoms with Gasteiger partial charge in [0.15, 0.2) is 0 Å². The Balaban J connectivity index is 1.57. The highest BCUT2D eigenvalue weighted by molar-refractivity contribution is 5.82. The van der Waals surface area contributed by atoms with Crippen molar-refractivity contribution in [3.63, 3.8) is 0 Å². The van der Waals surface area contributed by atoms with Crippen molar-refractivity contribution in [2.24, 2.45) is 5.92 Å². The molecular formula is C22H26F3N5O2. The molecule has 4 heterocycles. The second-order valence-electron chi connectivity index (χ2n) is 8.69. The molecule has 172 valence electrons. The number of nitrogens with zero attached hydrogens (tertiary/aromatic N) is 5. The minimum absolute atomic E-state index is 0.0416. The third-order valence-electron chi connectivity index (χ3n) is 6.00. The van der Waals surface area contributed by atoms with Crippen LogP contribution in [0.3, 0.4) is 0 Å². The van der Waals surface area contributed by atoms with Gasteiger partial charge in [-0.25, -0.2) is 4.98 Å². The van der Waals surface area contributed by atoms with E-state index in [0.717, 1.165) is 17.5 Å². The van der Waals surface area contributed by atoms with Crippen LogP contribution in [0.15, 0.2) is 16.7 Å². The lowest BCUT2D eigenvalue weighted by Gasteiger charge is -2.33. The molecule has 0 aromatic carbocycles. The molecule has 10 heteroatoms. The van der Waals surface area contributed by atoms with Crippen LogP contribution in [0.4, 0.5) is 13.2 Å². The molecule has 1 amide bonds. The summed E-state index contributed by atoms with van der Waals surface area (Å²) in [6.07, 6.45) is -3.24. The van der Waals surface area contributed by atoms with Crippen molar-refractivity contribution in [3.8, 4) is 0 Å². The monoisotopic (exact) mass is 449 g/mol. The Bertz CT molecular complexity index is 1150. The standard InChI is InChI=1S/C22H26F3N5O2/c1-12(10-30-15(4)8-14(3)27-30)21(31)29-7-5-6-16(11-29)19-18-17(22(23,24)25)9-13(2)26-20(18)32-28-19/h8-9,12,16H,5-7,10-11H2,1-4H3/t12-,16-/m1/s1. The van der Waals surface area contributed by atoms with Gasteiger partial charge in [0.2, 0.25) is 5.91 Å². The third kappa shape index (κ3) is 4.22. The number of carbonyl (C=O) groups is 1. The Labute approximate surface area is 183 Å². The molecule has 3 aromatic heterocycles. The van der Waals surface area contributed by atoms with E-state index in [0.29, 0.717) is 32.5 Å². The summed E-state index contributed by atoms with van der Waals surface area (Å²) >= 11 is 0. The Hall–Kier alpha value is -2.91. The van der Waals surface area contributed by atoms with Gasteiger partial charge in [0, 0.05) is 30.4 Å². The molecular weight excluding hydrogens is 423 g/mol. The maximum atomic E-state index is 13.7. The smallest absolute Gasteiger partial charge is 0.342 e. The second kappa shape index (κ2) is 8.22. The third-order valence-corrected chi connectivity index (χ3v) is 6.00. The van der Waals surface area contributed by atoms with Crippen LogP contribution in [-0.2, 0) is 17.5 Å². The van der Waals surface area contributed by atoms with Crippen LogP contribution in [0.25, 0.3) is 11.1 Å². The normalized spacial score (nSPS) is 18.3. The number of rotatable bonds is 4. The number of amides is 1. The van der Waals surface area contributed by atoms with Gasteiger partial charge in [0.1, 0.15) is 0 Å². The van der Waals surface area contributed by atoms with Crippen molar-refractivity contribution in [1.29, 1.82) is 0 Å². The van der Waals surface area contributed by atoms with E-state index in [1.807, 2.05) is 31.5 Å². The Morgan fingerprint density at radius 2 is 2.00 bits per heavy atom. The number of alkyl halides is 3. The van der Waals surface area contributed by atoms with Crippen molar-refractivity contribution < 1.29 is 22.5 Å². The number of fused-ring (bicyclic) bond motifs is 1. The lowest BCUT2D eigenvalue weighted by Crippen LogP contribution is -2.42. The highest BCUT2D eigenvalue weighted by atomic mass is 19.4. The SMILES string of the molecule is Cc1cc(C(F)(F)F)c2c([C@@H]3CCCN(C(=O)[C@H](C)Cn4nc(C)cc4C)C3)noc2n1. The largest absolute Gasteiger partial charge is 0.417 e. The van der Waals surface area contributed by atoms with Gasteiger partial charge in [-0.2, -0.15) is 18.3 Å². The number of carbonyl (C=O) groups excluding carboxylic acids is 1. The summed E-state index contributed by atoms with van der Waals surface area (Å²) in [4.78, 5) is 18.9. The fraction of sp³-hybridized carbons (Fsp3) is 0.545. The molecule has 0 N–H and O–H groups in total. The fourth-order valence-electron chi connectivity index (χ4n) is 4.51. The van der Waals surface area contributed by atoms with Gasteiger partial charge in [0.25, 0.3) is 5.71 Å². The number of aryl methyl sites for hydroxylation is 3. The number of pyridine rings is 1. The number of hydrogen-bond donors (Lipinski definition) is 0. The Kier molecular flexibility index (Phi) is 5.72. The lowest BCUT2D eigenvalue weighted by molar-refractivity contribution is -0.137. The summed E-state index contributed by atoms with van der Waals surface area (Å²) in [5, 5.41) is 8.28. The van der Waals surface area contributed by atoms with E-state index in [-0.39, 0.29) is 40.2 Å². The van der Waals surface area contributed by atoms with Crippen molar-refractivity contribution in [2.75, 3.05) is 13.1 Å². The molecule has 7 nitrogen and oxygen atoms in total. The quantitative estimate of drug-likeness (QED) is 0.590. The molecule has 2 atom stereocenters. The first kappa shape index (κ1) is 22.3. The Morgan fingerprint density at radius 3 is 2.66 bits per heavy atom. The van der Waals surface area contributed by atoms with Crippen molar-refractivity contribution >= 4 is 17.0 Å². The molecule has 0 aliphatic carbocycles. The summed E-state index contributed by atoms with van der Waals surface area (Å²) in [6.45, 7) is 8.50. The van der Waals surface area contributed by atoms with E-state index in [1.54, 1.807) is 4.90 Å². The first-order valence-corrected chi connectivity index (χ1v) is 10.7. The average molecular weight is 449 g/mol. The van der Waals surface area contributed by atoms with Crippen LogP contribution in [0.2, 0.25) is 0 Å². The number of halogens is 3. The van der Waals surface area contributed by atoms with Crippen LogP contribution in [-0.4, -0.2) is 43.8 Å². The highest BCUT2D eigenvalue weighted by Gasteiger charge is 2.38. The Morgan fingerprint density at radius 1 is 1.25 bits per heavy atom. The maximum absolute atomic E-state index is 13.7. The number of likely N-dealkylation sites (tertiary alicyclic amines) is 1. The van der Waals surface area contributed by atoms with Crippen LogP contribution >= 0.6 is 0 Å². The number of piperidine rings is 1. The summed E-state index contributed by atoms with van der Waals surface area (Å²) in [7, 11) is 0. The molecule has 0 bridgehead atoms. The molecule has 3 aromatic rings. The minimum atomic E-state index is -4.55. The molecule has 0 unspecified atom stereocenters. The predicted molar refractivity (Wildman–Crippen MR) is 111 cm³/mol. The van der Waals surface area contributed by atoms with E-state index in [9.17, 15) is 18.0 Å². The molecule has 1 saturated heterocycles. The van der Waals surface area contributed by atoms with Gasteiger partial charge < -0.3 is 9.42 Å². The van der Waals surface area contributed by atoms with E-state index in [1.165, 1.54) is 6.92 Å². The van der Waals surface area contributed by atoms with Crippen molar-refractivity contribution in [1.82, 2.24) is 24.8 Å². The predicted octanol–water partition coefficient (Wildman–Crippen LogP) is 4.41. The van der Waals surface area contributed by atoms with Crippen LogP contribution in [0.5, 0.6) is 0 Å². The first-order valence-electron chi connectivity index (χ1n) is 10.7. The van der Waals surface area contributed by atoms with Gasteiger partial charge in [-0.1, -0.05) is 12.1 Å². The maximum Gasteiger partial charge on any atom is 0.417 e. The lowest BCUT2D eigenvalue weighted by atomic mass is 9.91. The number of aromatic nitrogens is 4. The fourth-order valence-corrected chi connectivity index (χ4v) is 4.51. The second-order valence-corrected chi connectivity index (χ2v) is 8.69. The molecule has 32 heavy (non-hydrogen) atoms. The van der Waals surface area contributed by atoms with Gasteiger partial charge in [0.05, 0.1) is 34.8 Å². The van der Waals surface area contributed by atoms with E-state index >= 15 is 0 Å². The highest BCUT2D eigenvalue weighted by Crippen LogP contribution is 2.40. The summed E-state index contributed by atoms with van der Waals surface area (Å²) in [5.41, 5.74) is 1.40. The zero-order chi connectivity index (χ0) is 23.2. The zero-order valence-electron chi connectivity index (χ0n) is 18.5. The van der Waals surface area contributed by atoms with Crippen molar-refractivity contribution in [2.45, 2.75) is 59.2 Å². The van der Waals surface area contributed by atoms with E-state index in [2.05, 4.69) is 15.2 Å². The van der Waals surface area contributed by atoms with Crippen molar-refractivity contribution in [3.05, 3.63) is 40.5 Å². The minimum Gasteiger partial charge on any atom is -0.342 e. The molecule has 0 spiro atoms. The molecule has 1 fully saturated rings. The first-order chi connectivity index (χ1) is 15.0. The van der Waals surface area contributed by atoms with Crippen LogP contribution < -0.4 is 0 Å². The average Bonchev–Trinajstić information content (AvgIpc) is 3.28. The van der Waals surface area contributed by atoms with Crippen LogP contribution in [0.1, 0.15) is 54.0 Å². The van der Waals surface area contributed by atoms with E-state index in [4.69, 9.17) is 4.52 Å². The summed E-state index contributed by atoms with van der Waals surface area (Å²) < 4.78 is 48.1. The summed E-state index contributed by atoms with van der Waals surface area (Å²) in [5.74, 6) is -0.698. The van der Waals surface area contributed by atoms with E-state index < -0.39 is 11.7 Å². The van der Waals surface area contributed by atoms with Gasteiger partial charge in [-0.3, -0.25) is 9.48 Å². The molecule has 4 rings (SSSR count). The van der Waals surface area contributed by atoms with Crippen LogP contribution in [0, 0.1) is 26.7 Å². The van der Waals surface area contributed by atoms with Gasteiger partial charge >= 0.3 is 6.18 Å².